The van der Waals surface area contributed by atoms with Gasteiger partial charge in [-0.25, -0.2) is 4.39 Å². The monoisotopic (exact) mass is 279 g/mol. The average Bonchev–Trinajstić information content (AvgIpc) is 2.94. The number of likely N-dealkylation sites (tertiary alicyclic amines) is 1. The predicted octanol–water partition coefficient (Wildman–Crippen LogP) is 3.22. The van der Waals surface area contributed by atoms with E-state index >= 15 is 0 Å². The lowest BCUT2D eigenvalue weighted by atomic mass is 10.0. The second kappa shape index (κ2) is 5.47. The number of halogens is 1. The minimum atomic E-state index is -0.844. The van der Waals surface area contributed by atoms with E-state index in [0.29, 0.717) is 18.5 Å². The Morgan fingerprint density at radius 3 is 2.65 bits per heavy atom. The van der Waals surface area contributed by atoms with E-state index in [9.17, 15) is 4.39 Å². The molecule has 3 rings (SSSR count). The van der Waals surface area contributed by atoms with Crippen molar-refractivity contribution in [1.82, 2.24) is 14.7 Å². The van der Waals surface area contributed by atoms with E-state index in [1.807, 2.05) is 6.20 Å². The Balaban J connectivity index is 1.51. The maximum atomic E-state index is 13.8. The third-order valence-corrected chi connectivity index (χ3v) is 4.53. The first-order valence-corrected chi connectivity index (χ1v) is 7.98. The molecule has 0 atom stereocenters. The van der Waals surface area contributed by atoms with Crippen LogP contribution in [-0.4, -0.2) is 40.0 Å². The molecule has 1 aliphatic carbocycles. The first-order valence-electron chi connectivity index (χ1n) is 7.98. The number of nitrogens with zero attached hydrogens (tertiary/aromatic N) is 3. The summed E-state index contributed by atoms with van der Waals surface area (Å²) in [5.41, 5.74) is 0.492. The van der Waals surface area contributed by atoms with Gasteiger partial charge in [0.2, 0.25) is 0 Å². The highest BCUT2D eigenvalue weighted by Gasteiger charge is 2.44. The minimum absolute atomic E-state index is 0.502. The highest BCUT2D eigenvalue weighted by molar-refractivity contribution is 5.05. The SMILES string of the molecule is CC(C)Cc1cnn(C2CCN(CC3(F)CC3)CC2)c1. The number of hydrogen-bond acceptors (Lipinski definition) is 2. The molecule has 2 aliphatic rings. The summed E-state index contributed by atoms with van der Waals surface area (Å²) in [6, 6.07) is 0.502. The average molecular weight is 279 g/mol. The van der Waals surface area contributed by atoms with Gasteiger partial charge in [0, 0.05) is 25.8 Å². The van der Waals surface area contributed by atoms with Gasteiger partial charge in [-0.15, -0.1) is 0 Å². The van der Waals surface area contributed by atoms with Gasteiger partial charge >= 0.3 is 0 Å². The highest BCUT2D eigenvalue weighted by Crippen LogP contribution is 2.41. The molecule has 4 heteroatoms. The Kier molecular flexibility index (Phi) is 3.85. The van der Waals surface area contributed by atoms with E-state index < -0.39 is 5.67 Å². The molecule has 1 aromatic rings. The molecule has 1 aliphatic heterocycles. The second-order valence-corrected chi connectivity index (χ2v) is 7.08. The van der Waals surface area contributed by atoms with Gasteiger partial charge in [-0.2, -0.15) is 5.10 Å². The zero-order valence-electron chi connectivity index (χ0n) is 12.7. The molecule has 0 N–H and O–H groups in total. The lowest BCUT2D eigenvalue weighted by molar-refractivity contribution is 0.129. The van der Waals surface area contributed by atoms with Gasteiger partial charge in [-0.05, 0) is 43.6 Å². The third-order valence-electron chi connectivity index (χ3n) is 4.53. The van der Waals surface area contributed by atoms with E-state index in [1.165, 1.54) is 5.56 Å². The molecule has 0 spiro atoms. The van der Waals surface area contributed by atoms with Crippen molar-refractivity contribution < 1.29 is 4.39 Å². The van der Waals surface area contributed by atoms with Gasteiger partial charge in [0.05, 0.1) is 12.2 Å². The standard InChI is InChI=1S/C16H26FN3/c1-13(2)9-14-10-18-20(11-14)15-3-7-19(8-4-15)12-16(17)5-6-16/h10-11,13,15H,3-9,12H2,1-2H3. The molecule has 0 radical (unpaired) electrons. The van der Waals surface area contributed by atoms with Crippen LogP contribution in [0.2, 0.25) is 0 Å². The van der Waals surface area contributed by atoms with Gasteiger partial charge in [-0.3, -0.25) is 4.68 Å². The number of piperidine rings is 1. The van der Waals surface area contributed by atoms with E-state index in [4.69, 9.17) is 0 Å². The molecule has 0 amide bonds. The van der Waals surface area contributed by atoms with Crippen LogP contribution in [-0.2, 0) is 6.42 Å². The molecule has 112 valence electrons. The lowest BCUT2D eigenvalue weighted by Crippen LogP contribution is -2.39. The van der Waals surface area contributed by atoms with Crippen LogP contribution in [0, 0.1) is 5.92 Å². The minimum Gasteiger partial charge on any atom is -0.300 e. The number of alkyl halides is 1. The van der Waals surface area contributed by atoms with Gasteiger partial charge < -0.3 is 4.90 Å². The van der Waals surface area contributed by atoms with Crippen LogP contribution in [0.3, 0.4) is 0 Å². The summed E-state index contributed by atoms with van der Waals surface area (Å²) in [5.74, 6) is 0.675. The third kappa shape index (κ3) is 3.40. The molecule has 0 bridgehead atoms. The maximum absolute atomic E-state index is 13.8. The Bertz CT molecular complexity index is 442. The fourth-order valence-electron chi connectivity index (χ4n) is 3.19. The zero-order valence-corrected chi connectivity index (χ0v) is 12.7. The molecule has 2 heterocycles. The van der Waals surface area contributed by atoms with Crippen LogP contribution < -0.4 is 0 Å². The predicted molar refractivity (Wildman–Crippen MR) is 78.6 cm³/mol. The van der Waals surface area contributed by atoms with Gasteiger partial charge in [-0.1, -0.05) is 13.8 Å². The van der Waals surface area contributed by atoms with Crippen molar-refractivity contribution in [3.8, 4) is 0 Å². The molecular formula is C16H26FN3. The molecule has 1 saturated carbocycles. The van der Waals surface area contributed by atoms with Crippen LogP contribution in [0.4, 0.5) is 4.39 Å². The Hall–Kier alpha value is -0.900. The van der Waals surface area contributed by atoms with Crippen molar-refractivity contribution in [2.75, 3.05) is 19.6 Å². The van der Waals surface area contributed by atoms with E-state index in [2.05, 4.69) is 34.7 Å². The van der Waals surface area contributed by atoms with Crippen LogP contribution >= 0.6 is 0 Å². The van der Waals surface area contributed by atoms with Crippen molar-refractivity contribution in [2.45, 2.75) is 57.7 Å². The second-order valence-electron chi connectivity index (χ2n) is 7.08. The summed E-state index contributed by atoms with van der Waals surface area (Å²) in [6.07, 6.45) is 9.04. The highest BCUT2D eigenvalue weighted by atomic mass is 19.1. The number of hydrogen-bond donors (Lipinski definition) is 0. The summed E-state index contributed by atoms with van der Waals surface area (Å²) in [7, 11) is 0. The number of rotatable bonds is 5. The molecule has 0 unspecified atom stereocenters. The summed E-state index contributed by atoms with van der Waals surface area (Å²) in [5, 5.41) is 4.53. The van der Waals surface area contributed by atoms with Crippen molar-refractivity contribution in [1.29, 1.82) is 0 Å². The number of aromatic nitrogens is 2. The summed E-state index contributed by atoms with van der Waals surface area (Å²) >= 11 is 0. The Morgan fingerprint density at radius 2 is 2.05 bits per heavy atom. The van der Waals surface area contributed by atoms with Crippen molar-refractivity contribution >= 4 is 0 Å². The quantitative estimate of drug-likeness (QED) is 0.825. The van der Waals surface area contributed by atoms with Crippen LogP contribution in [0.1, 0.15) is 51.1 Å². The van der Waals surface area contributed by atoms with Crippen molar-refractivity contribution in [3.05, 3.63) is 18.0 Å². The summed E-state index contributed by atoms with van der Waals surface area (Å²) in [4.78, 5) is 2.29. The smallest absolute Gasteiger partial charge is 0.123 e. The molecule has 20 heavy (non-hydrogen) atoms. The molecular weight excluding hydrogens is 253 g/mol. The van der Waals surface area contributed by atoms with Crippen molar-refractivity contribution in [3.63, 3.8) is 0 Å². The molecule has 2 fully saturated rings. The first-order chi connectivity index (χ1) is 9.54. The molecule has 1 aromatic heterocycles. The largest absolute Gasteiger partial charge is 0.300 e. The fraction of sp³-hybridized carbons (Fsp3) is 0.812. The van der Waals surface area contributed by atoms with Crippen LogP contribution in [0.25, 0.3) is 0 Å². The van der Waals surface area contributed by atoms with Crippen LogP contribution in [0.15, 0.2) is 12.4 Å². The summed E-state index contributed by atoms with van der Waals surface area (Å²) in [6.45, 7) is 7.14. The molecule has 1 saturated heterocycles. The first kappa shape index (κ1) is 14.1. The normalized spacial score (nSPS) is 23.4. The van der Waals surface area contributed by atoms with E-state index in [1.54, 1.807) is 0 Å². The summed E-state index contributed by atoms with van der Waals surface area (Å²) < 4.78 is 15.9. The Morgan fingerprint density at radius 1 is 1.35 bits per heavy atom. The lowest BCUT2D eigenvalue weighted by Gasteiger charge is -2.32. The molecule has 0 aromatic carbocycles. The van der Waals surface area contributed by atoms with Crippen molar-refractivity contribution in [2.24, 2.45) is 5.92 Å². The Labute approximate surface area is 121 Å². The zero-order chi connectivity index (χ0) is 14.2. The van der Waals surface area contributed by atoms with Gasteiger partial charge in [0.15, 0.2) is 0 Å². The van der Waals surface area contributed by atoms with E-state index in [-0.39, 0.29) is 0 Å². The van der Waals surface area contributed by atoms with Gasteiger partial charge in [0.1, 0.15) is 5.67 Å². The topological polar surface area (TPSA) is 21.1 Å². The van der Waals surface area contributed by atoms with Gasteiger partial charge in [0.25, 0.3) is 0 Å². The fourth-order valence-corrected chi connectivity index (χ4v) is 3.19. The van der Waals surface area contributed by atoms with Crippen LogP contribution in [0.5, 0.6) is 0 Å². The molecule has 3 nitrogen and oxygen atoms in total. The maximum Gasteiger partial charge on any atom is 0.123 e. The van der Waals surface area contributed by atoms with E-state index in [0.717, 1.165) is 45.2 Å².